The van der Waals surface area contributed by atoms with Crippen LogP contribution in [0.4, 0.5) is 10.1 Å². The fourth-order valence-electron chi connectivity index (χ4n) is 2.83. The smallest absolute Gasteiger partial charge is 0.341 e. The summed E-state index contributed by atoms with van der Waals surface area (Å²) in [7, 11) is 0. The van der Waals surface area contributed by atoms with Crippen molar-refractivity contribution in [2.24, 2.45) is 0 Å². The van der Waals surface area contributed by atoms with E-state index in [-0.39, 0.29) is 35.6 Å². The summed E-state index contributed by atoms with van der Waals surface area (Å²) in [4.78, 5) is 29.1. The Labute approximate surface area is 191 Å². The number of rotatable bonds is 7. The molecule has 1 amide bonds. The molecule has 10 heteroatoms. The molecule has 7 nitrogen and oxygen atoms in total. The van der Waals surface area contributed by atoms with Crippen LogP contribution < -0.4 is 14.8 Å². The Balaban J connectivity index is 1.35. The van der Waals surface area contributed by atoms with Crippen LogP contribution in [0.25, 0.3) is 0 Å². The Bertz CT molecular complexity index is 1180. The fraction of sp³-hybridized carbons (Fsp3) is 0.136. The van der Waals surface area contributed by atoms with Gasteiger partial charge in [-0.25, -0.2) is 14.2 Å². The topological polar surface area (TPSA) is 86.8 Å². The molecule has 1 N–H and O–H groups in total. The predicted molar refractivity (Wildman–Crippen MR) is 117 cm³/mol. The molecule has 0 fully saturated rings. The first-order valence-electron chi connectivity index (χ1n) is 9.38. The second-order valence-corrected chi connectivity index (χ2v) is 7.94. The highest BCUT2D eigenvalue weighted by Gasteiger charge is 2.18. The van der Waals surface area contributed by atoms with Gasteiger partial charge in [0, 0.05) is 23.5 Å². The first-order valence-corrected chi connectivity index (χ1v) is 10.7. The molecule has 2 heterocycles. The number of carbonyl (C=O) groups excluding carboxylic acids is 2. The van der Waals surface area contributed by atoms with Gasteiger partial charge in [0.05, 0.1) is 16.3 Å². The van der Waals surface area contributed by atoms with E-state index in [0.717, 1.165) is 17.8 Å². The van der Waals surface area contributed by atoms with Crippen molar-refractivity contribution >= 4 is 40.9 Å². The van der Waals surface area contributed by atoms with Crippen molar-refractivity contribution in [3.63, 3.8) is 0 Å². The van der Waals surface area contributed by atoms with Crippen LogP contribution in [0.2, 0.25) is 5.02 Å². The first-order chi connectivity index (χ1) is 15.5. The van der Waals surface area contributed by atoms with Gasteiger partial charge in [-0.3, -0.25) is 4.79 Å². The molecule has 0 saturated carbocycles. The van der Waals surface area contributed by atoms with Crippen molar-refractivity contribution < 1.29 is 28.2 Å². The second-order valence-electron chi connectivity index (χ2n) is 6.57. The number of fused-ring (bicyclic) bond motifs is 1. The lowest BCUT2D eigenvalue weighted by Gasteiger charge is -2.10. The molecule has 2 aromatic carbocycles. The first kappa shape index (κ1) is 21.9. The standard InChI is InChI=1S/C22H16ClFN2O5S/c23-17-8-14(24)4-3-13(17)10-29-22(28)16-2-1-7-25-21(16)32-11-20(27)26-15-5-6-18-19(9-15)31-12-30-18/h1-9H,10-12H2,(H,26,27). The van der Waals surface area contributed by atoms with E-state index in [1.807, 2.05) is 0 Å². The van der Waals surface area contributed by atoms with Crippen molar-refractivity contribution in [1.29, 1.82) is 0 Å². The van der Waals surface area contributed by atoms with Gasteiger partial charge in [0.15, 0.2) is 11.5 Å². The van der Waals surface area contributed by atoms with Gasteiger partial charge in [-0.2, -0.15) is 0 Å². The Kier molecular flexibility index (Phi) is 6.77. The summed E-state index contributed by atoms with van der Waals surface area (Å²) in [5, 5.41) is 3.28. The number of aromatic nitrogens is 1. The molecule has 3 aromatic rings. The quantitative estimate of drug-likeness (QED) is 0.392. The van der Waals surface area contributed by atoms with Crippen LogP contribution in [0.5, 0.6) is 11.5 Å². The third kappa shape index (κ3) is 5.30. The highest BCUT2D eigenvalue weighted by Crippen LogP contribution is 2.34. The predicted octanol–water partition coefficient (Wildman–Crippen LogP) is 4.69. The van der Waals surface area contributed by atoms with Gasteiger partial charge in [0.25, 0.3) is 0 Å². The van der Waals surface area contributed by atoms with E-state index in [1.54, 1.807) is 30.3 Å². The normalized spacial score (nSPS) is 11.8. The number of nitrogens with one attached hydrogen (secondary N) is 1. The number of esters is 1. The highest BCUT2D eigenvalue weighted by atomic mass is 35.5. The summed E-state index contributed by atoms with van der Waals surface area (Å²) >= 11 is 7.06. The van der Waals surface area contributed by atoms with Gasteiger partial charge in [-0.05, 0) is 36.4 Å². The molecule has 1 aliphatic rings. The summed E-state index contributed by atoms with van der Waals surface area (Å²) in [6.07, 6.45) is 1.52. The van der Waals surface area contributed by atoms with Crippen LogP contribution >= 0.6 is 23.4 Å². The van der Waals surface area contributed by atoms with Gasteiger partial charge in [0.1, 0.15) is 17.5 Å². The van der Waals surface area contributed by atoms with Crippen LogP contribution in [-0.4, -0.2) is 29.4 Å². The number of ether oxygens (including phenoxy) is 3. The zero-order valence-corrected chi connectivity index (χ0v) is 18.0. The number of anilines is 1. The van der Waals surface area contributed by atoms with Gasteiger partial charge in [0.2, 0.25) is 12.7 Å². The van der Waals surface area contributed by atoms with Crippen molar-refractivity contribution in [2.45, 2.75) is 11.6 Å². The molecule has 0 saturated heterocycles. The third-order valence-electron chi connectivity index (χ3n) is 4.36. The molecule has 0 unspecified atom stereocenters. The summed E-state index contributed by atoms with van der Waals surface area (Å²) in [6.45, 7) is 0.0239. The molecule has 0 atom stereocenters. The van der Waals surface area contributed by atoms with E-state index in [2.05, 4.69) is 10.3 Å². The Morgan fingerprint density at radius 3 is 2.84 bits per heavy atom. The minimum atomic E-state index is -0.628. The molecule has 1 aromatic heterocycles. The summed E-state index contributed by atoms with van der Waals surface area (Å²) in [6, 6.07) is 12.1. The van der Waals surface area contributed by atoms with Gasteiger partial charge < -0.3 is 19.5 Å². The fourth-order valence-corrected chi connectivity index (χ4v) is 3.83. The number of pyridine rings is 1. The Hall–Kier alpha value is -3.30. The molecule has 0 radical (unpaired) electrons. The van der Waals surface area contributed by atoms with Crippen LogP contribution in [0.15, 0.2) is 59.8 Å². The maximum atomic E-state index is 13.2. The zero-order valence-electron chi connectivity index (χ0n) is 16.5. The lowest BCUT2D eigenvalue weighted by atomic mass is 10.2. The maximum Gasteiger partial charge on any atom is 0.341 e. The summed E-state index contributed by atoms with van der Waals surface area (Å²) in [5.41, 5.74) is 1.26. The average Bonchev–Trinajstić information content (AvgIpc) is 3.25. The Morgan fingerprint density at radius 2 is 2.00 bits per heavy atom. The summed E-state index contributed by atoms with van der Waals surface area (Å²) in [5.74, 6) is -0.179. The SMILES string of the molecule is O=C(CSc1ncccc1C(=O)OCc1ccc(F)cc1Cl)Nc1ccc2c(c1)OCO2. The molecule has 0 spiro atoms. The van der Waals surface area contributed by atoms with Crippen LogP contribution in [0.3, 0.4) is 0 Å². The number of hydrogen-bond acceptors (Lipinski definition) is 7. The summed E-state index contributed by atoms with van der Waals surface area (Å²) < 4.78 is 29.0. The molecular weight excluding hydrogens is 459 g/mol. The number of nitrogens with zero attached hydrogens (tertiary/aromatic N) is 1. The van der Waals surface area contributed by atoms with Gasteiger partial charge in [-0.15, -0.1) is 0 Å². The Morgan fingerprint density at radius 1 is 1.16 bits per heavy atom. The van der Waals surface area contributed by atoms with E-state index in [1.165, 1.54) is 18.3 Å². The lowest BCUT2D eigenvalue weighted by molar-refractivity contribution is -0.113. The molecule has 0 bridgehead atoms. The van der Waals surface area contributed by atoms with Crippen LogP contribution in [0.1, 0.15) is 15.9 Å². The monoisotopic (exact) mass is 474 g/mol. The van der Waals surface area contributed by atoms with Crippen molar-refractivity contribution in [3.05, 3.63) is 76.7 Å². The number of halogens is 2. The van der Waals surface area contributed by atoms with E-state index in [0.29, 0.717) is 27.8 Å². The molecule has 0 aliphatic carbocycles. The third-order valence-corrected chi connectivity index (χ3v) is 5.72. The van der Waals surface area contributed by atoms with Gasteiger partial charge in [-0.1, -0.05) is 29.4 Å². The minimum Gasteiger partial charge on any atom is -0.457 e. The average molecular weight is 475 g/mol. The largest absolute Gasteiger partial charge is 0.457 e. The van der Waals surface area contributed by atoms with Crippen LogP contribution in [-0.2, 0) is 16.1 Å². The number of hydrogen-bond donors (Lipinski definition) is 1. The molecule has 1 aliphatic heterocycles. The van der Waals surface area contributed by atoms with E-state index >= 15 is 0 Å². The second kappa shape index (κ2) is 9.88. The van der Waals surface area contributed by atoms with Crippen molar-refractivity contribution in [1.82, 2.24) is 4.98 Å². The highest BCUT2D eigenvalue weighted by molar-refractivity contribution is 8.00. The number of carbonyl (C=O) groups is 2. The molecule has 164 valence electrons. The number of amides is 1. The van der Waals surface area contributed by atoms with E-state index in [9.17, 15) is 14.0 Å². The molecular formula is C22H16ClFN2O5S. The van der Waals surface area contributed by atoms with E-state index in [4.69, 9.17) is 25.8 Å². The zero-order chi connectivity index (χ0) is 22.5. The molecule has 32 heavy (non-hydrogen) atoms. The number of thioether (sulfide) groups is 1. The van der Waals surface area contributed by atoms with Crippen molar-refractivity contribution in [2.75, 3.05) is 17.9 Å². The van der Waals surface area contributed by atoms with E-state index < -0.39 is 11.8 Å². The van der Waals surface area contributed by atoms with Crippen molar-refractivity contribution in [3.8, 4) is 11.5 Å². The lowest BCUT2D eigenvalue weighted by Crippen LogP contribution is -2.15. The van der Waals surface area contributed by atoms with Gasteiger partial charge >= 0.3 is 5.97 Å². The number of benzene rings is 2. The van der Waals surface area contributed by atoms with Crippen LogP contribution in [0, 0.1) is 5.82 Å². The maximum absolute atomic E-state index is 13.2. The minimum absolute atomic E-state index is 0.0233. The molecule has 4 rings (SSSR count).